The second kappa shape index (κ2) is 13.6. The molecule has 0 aliphatic rings. The number of guanidine groups is 1. The second-order valence-electron chi connectivity index (χ2n) is 5.58. The van der Waals surface area contributed by atoms with Crippen LogP contribution in [0, 0.1) is 0 Å². The molecule has 1 heterocycles. The summed E-state index contributed by atoms with van der Waals surface area (Å²) in [6.45, 7) is 2.43. The maximum Gasteiger partial charge on any atom is 0.213 e. The van der Waals surface area contributed by atoms with Crippen molar-refractivity contribution in [1.82, 2.24) is 15.6 Å². The Kier molecular flexibility index (Phi) is 11.8. The van der Waals surface area contributed by atoms with Gasteiger partial charge in [0.15, 0.2) is 5.96 Å². The summed E-state index contributed by atoms with van der Waals surface area (Å²) in [6, 6.07) is 11.7. The van der Waals surface area contributed by atoms with Crippen molar-refractivity contribution in [3.8, 4) is 5.88 Å². The van der Waals surface area contributed by atoms with Crippen molar-refractivity contribution in [2.24, 2.45) is 4.99 Å². The van der Waals surface area contributed by atoms with E-state index in [2.05, 4.69) is 26.7 Å². The lowest BCUT2D eigenvalue weighted by Crippen LogP contribution is -2.37. The molecule has 0 aliphatic carbocycles. The van der Waals surface area contributed by atoms with E-state index >= 15 is 0 Å². The maximum atomic E-state index is 6.00. The van der Waals surface area contributed by atoms with Crippen LogP contribution in [-0.4, -0.2) is 44.9 Å². The number of benzene rings is 1. The molecule has 0 saturated carbocycles. The Balaban J connectivity index is 0.00000364. The van der Waals surface area contributed by atoms with Gasteiger partial charge in [-0.1, -0.05) is 29.8 Å². The molecule has 0 aliphatic heterocycles. The summed E-state index contributed by atoms with van der Waals surface area (Å²) >= 11 is 6.00. The molecular formula is C19H26ClIN4O2. The number of aliphatic imine (C=N–C) groups is 1. The summed E-state index contributed by atoms with van der Waals surface area (Å²) < 4.78 is 10.4. The lowest BCUT2D eigenvalue weighted by Gasteiger charge is -2.12. The topological polar surface area (TPSA) is 67.8 Å². The molecule has 0 spiro atoms. The van der Waals surface area contributed by atoms with Crippen LogP contribution in [0.5, 0.6) is 5.88 Å². The Morgan fingerprint density at radius 2 is 2.00 bits per heavy atom. The minimum atomic E-state index is 0. The Morgan fingerprint density at radius 3 is 2.67 bits per heavy atom. The van der Waals surface area contributed by atoms with Gasteiger partial charge in [-0.05, 0) is 29.7 Å². The molecule has 0 radical (unpaired) electrons. The average Bonchev–Trinajstić information content (AvgIpc) is 2.66. The molecule has 0 atom stereocenters. The average molecular weight is 505 g/mol. The van der Waals surface area contributed by atoms with Gasteiger partial charge < -0.3 is 20.1 Å². The van der Waals surface area contributed by atoms with Crippen molar-refractivity contribution in [3.63, 3.8) is 0 Å². The molecule has 2 N–H and O–H groups in total. The lowest BCUT2D eigenvalue weighted by molar-refractivity contribution is 0.143. The highest BCUT2D eigenvalue weighted by Crippen LogP contribution is 2.10. The predicted molar refractivity (Wildman–Crippen MR) is 120 cm³/mol. The van der Waals surface area contributed by atoms with Crippen LogP contribution in [0.1, 0.15) is 11.1 Å². The van der Waals surface area contributed by atoms with Crippen LogP contribution >= 0.6 is 35.6 Å². The van der Waals surface area contributed by atoms with E-state index in [0.717, 1.165) is 29.5 Å². The molecule has 1 aromatic heterocycles. The van der Waals surface area contributed by atoms with Gasteiger partial charge in [0.05, 0.1) is 6.61 Å². The number of nitrogens with one attached hydrogen (secondary N) is 2. The molecule has 8 heteroatoms. The Hall–Kier alpha value is -1.58. The highest BCUT2D eigenvalue weighted by Gasteiger charge is 2.01. The summed E-state index contributed by atoms with van der Waals surface area (Å²) in [6.07, 6.45) is 2.66. The third kappa shape index (κ3) is 9.25. The van der Waals surface area contributed by atoms with Gasteiger partial charge in [0, 0.05) is 44.5 Å². The van der Waals surface area contributed by atoms with Crippen molar-refractivity contribution >= 4 is 41.5 Å². The summed E-state index contributed by atoms with van der Waals surface area (Å²) in [5, 5.41) is 7.31. The Labute approximate surface area is 182 Å². The van der Waals surface area contributed by atoms with Gasteiger partial charge in [-0.25, -0.2) is 4.98 Å². The van der Waals surface area contributed by atoms with E-state index in [1.54, 1.807) is 20.4 Å². The van der Waals surface area contributed by atoms with Crippen LogP contribution in [0.4, 0.5) is 0 Å². The minimum Gasteiger partial charge on any atom is -0.475 e. The summed E-state index contributed by atoms with van der Waals surface area (Å²) in [7, 11) is 3.39. The first-order valence-electron chi connectivity index (χ1n) is 8.47. The Morgan fingerprint density at radius 1 is 1.15 bits per heavy atom. The van der Waals surface area contributed by atoms with Crippen molar-refractivity contribution in [3.05, 3.63) is 58.7 Å². The van der Waals surface area contributed by atoms with Crippen molar-refractivity contribution in [2.45, 2.75) is 13.0 Å². The standard InChI is InChI=1S/C19H25ClN4O2.HI/c1-21-19(22-9-8-15-4-3-5-17(20)12-15)24-14-16-6-7-18(23-13-16)26-11-10-25-2;/h3-7,12-13H,8-11,14H2,1-2H3,(H2,21,22,24);1H. The number of halogens is 2. The number of rotatable bonds is 9. The molecule has 2 aromatic rings. The zero-order valence-electron chi connectivity index (χ0n) is 15.6. The number of hydrogen-bond donors (Lipinski definition) is 2. The first-order valence-corrected chi connectivity index (χ1v) is 8.84. The van der Waals surface area contributed by atoms with E-state index < -0.39 is 0 Å². The number of ether oxygens (including phenoxy) is 2. The second-order valence-corrected chi connectivity index (χ2v) is 6.01. The van der Waals surface area contributed by atoms with Crippen molar-refractivity contribution in [2.75, 3.05) is 33.9 Å². The Bertz CT molecular complexity index is 698. The zero-order chi connectivity index (χ0) is 18.6. The predicted octanol–water partition coefficient (Wildman–Crippen LogP) is 3.29. The number of methoxy groups -OCH3 is 1. The first-order chi connectivity index (χ1) is 12.7. The highest BCUT2D eigenvalue weighted by atomic mass is 127. The smallest absolute Gasteiger partial charge is 0.213 e. The largest absolute Gasteiger partial charge is 0.475 e. The number of hydrogen-bond acceptors (Lipinski definition) is 4. The maximum absolute atomic E-state index is 6.00. The van der Waals surface area contributed by atoms with E-state index in [0.29, 0.717) is 25.6 Å². The molecule has 148 valence electrons. The van der Waals surface area contributed by atoms with Gasteiger partial charge in [-0.2, -0.15) is 0 Å². The minimum absolute atomic E-state index is 0. The van der Waals surface area contributed by atoms with Crippen molar-refractivity contribution < 1.29 is 9.47 Å². The van der Waals surface area contributed by atoms with Crippen LogP contribution in [-0.2, 0) is 17.7 Å². The fourth-order valence-corrected chi connectivity index (χ4v) is 2.47. The van der Waals surface area contributed by atoms with Crippen LogP contribution in [0.25, 0.3) is 0 Å². The van der Waals surface area contributed by atoms with Gasteiger partial charge in [0.2, 0.25) is 5.88 Å². The number of nitrogens with zero attached hydrogens (tertiary/aromatic N) is 2. The molecule has 0 saturated heterocycles. The van der Waals surface area contributed by atoms with Crippen LogP contribution in [0.2, 0.25) is 5.02 Å². The molecule has 0 amide bonds. The molecule has 0 bridgehead atoms. The highest BCUT2D eigenvalue weighted by molar-refractivity contribution is 14.0. The number of aromatic nitrogens is 1. The monoisotopic (exact) mass is 504 g/mol. The van der Waals surface area contributed by atoms with Crippen LogP contribution in [0.3, 0.4) is 0 Å². The van der Waals surface area contributed by atoms with Gasteiger partial charge in [-0.15, -0.1) is 24.0 Å². The molecule has 0 fully saturated rings. The molecule has 2 rings (SSSR count). The lowest BCUT2D eigenvalue weighted by atomic mass is 10.1. The van der Waals surface area contributed by atoms with E-state index in [1.807, 2.05) is 30.3 Å². The fourth-order valence-electron chi connectivity index (χ4n) is 2.25. The van der Waals surface area contributed by atoms with Crippen LogP contribution in [0.15, 0.2) is 47.6 Å². The summed E-state index contributed by atoms with van der Waals surface area (Å²) in [5.74, 6) is 1.34. The van der Waals surface area contributed by atoms with Crippen LogP contribution < -0.4 is 15.4 Å². The van der Waals surface area contributed by atoms with Gasteiger partial charge >= 0.3 is 0 Å². The van der Waals surface area contributed by atoms with E-state index in [-0.39, 0.29) is 24.0 Å². The van der Waals surface area contributed by atoms with E-state index in [1.165, 1.54) is 5.56 Å². The zero-order valence-corrected chi connectivity index (χ0v) is 18.7. The van der Waals surface area contributed by atoms with Gasteiger partial charge in [0.25, 0.3) is 0 Å². The third-order valence-corrected chi connectivity index (χ3v) is 3.85. The summed E-state index contributed by atoms with van der Waals surface area (Å²) in [4.78, 5) is 8.50. The molecule has 0 unspecified atom stereocenters. The fraction of sp³-hybridized carbons (Fsp3) is 0.368. The molecule has 1 aromatic carbocycles. The normalized spacial score (nSPS) is 10.9. The van der Waals surface area contributed by atoms with Gasteiger partial charge in [-0.3, -0.25) is 4.99 Å². The quantitative estimate of drug-likeness (QED) is 0.237. The molecule has 6 nitrogen and oxygen atoms in total. The van der Waals surface area contributed by atoms with E-state index in [4.69, 9.17) is 21.1 Å². The van der Waals surface area contributed by atoms with Crippen molar-refractivity contribution in [1.29, 1.82) is 0 Å². The first kappa shape index (κ1) is 23.5. The SMILES string of the molecule is CN=C(NCCc1cccc(Cl)c1)NCc1ccc(OCCOC)nc1.I. The molecular weight excluding hydrogens is 479 g/mol. The molecule has 27 heavy (non-hydrogen) atoms. The van der Waals surface area contributed by atoms with E-state index in [9.17, 15) is 0 Å². The summed E-state index contributed by atoms with van der Waals surface area (Å²) in [5.41, 5.74) is 2.23. The third-order valence-electron chi connectivity index (χ3n) is 3.61. The van der Waals surface area contributed by atoms with Gasteiger partial charge in [0.1, 0.15) is 6.61 Å². The number of pyridine rings is 1.